The van der Waals surface area contributed by atoms with Crippen molar-refractivity contribution in [1.82, 2.24) is 0 Å². The largest absolute Gasteiger partial charge is 0.310 e. The molecule has 1 heteroatoms. The van der Waals surface area contributed by atoms with Crippen LogP contribution in [0.4, 0.5) is 17.1 Å². The highest BCUT2D eigenvalue weighted by Gasteiger charge is 2.45. The van der Waals surface area contributed by atoms with E-state index in [9.17, 15) is 0 Å². The summed E-state index contributed by atoms with van der Waals surface area (Å²) in [4.78, 5) is 2.53. The summed E-state index contributed by atoms with van der Waals surface area (Å²) in [6.45, 7) is 4.81. The Morgan fingerprint density at radius 2 is 1.23 bits per heavy atom. The first-order valence-electron chi connectivity index (χ1n) is 18.3. The van der Waals surface area contributed by atoms with Gasteiger partial charge in [-0.25, -0.2) is 0 Å². The molecule has 0 amide bonds. The first-order valence-corrected chi connectivity index (χ1v) is 18.3. The summed E-state index contributed by atoms with van der Waals surface area (Å²) >= 11 is 0. The third-order valence-corrected chi connectivity index (χ3v) is 12.7. The molecule has 3 fully saturated rings. The maximum absolute atomic E-state index is 2.53. The second-order valence-corrected chi connectivity index (χ2v) is 15.7. The predicted molar refractivity (Wildman–Crippen MR) is 198 cm³/mol. The third-order valence-electron chi connectivity index (χ3n) is 12.7. The molecule has 3 saturated carbocycles. The number of rotatable bonds is 6. The van der Waals surface area contributed by atoms with Crippen LogP contribution in [-0.4, -0.2) is 0 Å². The summed E-state index contributed by atoms with van der Waals surface area (Å²) in [5.41, 5.74) is 15.3. The lowest BCUT2D eigenvalue weighted by atomic mass is 9.78. The van der Waals surface area contributed by atoms with Crippen molar-refractivity contribution >= 4 is 17.1 Å². The second-order valence-electron chi connectivity index (χ2n) is 15.7. The summed E-state index contributed by atoms with van der Waals surface area (Å²) in [6, 6.07) is 44.5. The molecule has 4 aliphatic rings. The molecule has 0 atom stereocenters. The zero-order valence-corrected chi connectivity index (χ0v) is 28.1. The van der Waals surface area contributed by atoms with E-state index in [0.717, 1.165) is 5.92 Å². The van der Waals surface area contributed by atoms with Gasteiger partial charge in [0.05, 0.1) is 0 Å². The molecule has 0 aliphatic heterocycles. The minimum Gasteiger partial charge on any atom is -0.310 e. The van der Waals surface area contributed by atoms with Gasteiger partial charge < -0.3 is 4.90 Å². The molecule has 0 spiro atoms. The van der Waals surface area contributed by atoms with Crippen LogP contribution in [0.3, 0.4) is 0 Å². The molecule has 0 N–H and O–H groups in total. The fourth-order valence-electron chi connectivity index (χ4n) is 10.1. The molecule has 0 heterocycles. The lowest BCUT2D eigenvalue weighted by molar-refractivity contribution is 0.419. The lowest BCUT2D eigenvalue weighted by Crippen LogP contribution is -2.20. The van der Waals surface area contributed by atoms with Crippen molar-refractivity contribution in [3.05, 3.63) is 138 Å². The fraction of sp³-hybridized carbons (Fsp3) is 0.348. The molecular formula is C46H47N. The molecule has 0 saturated heterocycles. The number of benzene rings is 5. The molecule has 1 nitrogen and oxygen atoms in total. The predicted octanol–water partition coefficient (Wildman–Crippen LogP) is 13.0. The maximum atomic E-state index is 2.53. The summed E-state index contributed by atoms with van der Waals surface area (Å²) in [7, 11) is 0. The van der Waals surface area contributed by atoms with Crippen LogP contribution in [0.25, 0.3) is 22.3 Å². The van der Waals surface area contributed by atoms with Gasteiger partial charge in [-0.1, -0.05) is 112 Å². The van der Waals surface area contributed by atoms with Gasteiger partial charge in [0, 0.05) is 22.5 Å². The fourth-order valence-corrected chi connectivity index (χ4v) is 10.1. The van der Waals surface area contributed by atoms with Crippen LogP contribution >= 0.6 is 0 Å². The zero-order chi connectivity index (χ0) is 31.6. The zero-order valence-electron chi connectivity index (χ0n) is 28.1. The van der Waals surface area contributed by atoms with Crippen LogP contribution < -0.4 is 4.90 Å². The second kappa shape index (κ2) is 11.3. The van der Waals surface area contributed by atoms with E-state index in [1.165, 1.54) is 120 Å². The van der Waals surface area contributed by atoms with Crippen LogP contribution in [0.15, 0.2) is 115 Å². The van der Waals surface area contributed by atoms with E-state index < -0.39 is 0 Å². The van der Waals surface area contributed by atoms with E-state index in [0.29, 0.717) is 11.3 Å². The average Bonchev–Trinajstić information content (AvgIpc) is 3.81. The summed E-state index contributed by atoms with van der Waals surface area (Å²) in [6.07, 6.45) is 13.7. The molecule has 47 heavy (non-hydrogen) atoms. The number of nitrogens with zero attached hydrogens (tertiary/aromatic N) is 1. The maximum Gasteiger partial charge on any atom is 0.0471 e. The normalized spacial score (nSPS) is 22.6. The Labute approximate surface area is 281 Å². The summed E-state index contributed by atoms with van der Waals surface area (Å²) < 4.78 is 0. The van der Waals surface area contributed by atoms with Crippen molar-refractivity contribution in [2.45, 2.75) is 94.8 Å². The minimum atomic E-state index is -0.0908. The molecule has 5 aromatic carbocycles. The van der Waals surface area contributed by atoms with Gasteiger partial charge in [0.2, 0.25) is 0 Å². The first-order chi connectivity index (χ1) is 23.0. The van der Waals surface area contributed by atoms with Gasteiger partial charge in [0.1, 0.15) is 0 Å². The van der Waals surface area contributed by atoms with E-state index in [1.54, 1.807) is 5.56 Å². The number of hydrogen-bond acceptors (Lipinski definition) is 1. The molecular weight excluding hydrogens is 567 g/mol. The highest BCUT2D eigenvalue weighted by molar-refractivity contribution is 5.96. The van der Waals surface area contributed by atoms with Crippen molar-refractivity contribution < 1.29 is 0 Å². The van der Waals surface area contributed by atoms with Crippen LogP contribution in [-0.2, 0) is 10.8 Å². The molecule has 9 rings (SSSR count). The Morgan fingerprint density at radius 1 is 0.574 bits per heavy atom. The lowest BCUT2D eigenvalue weighted by Gasteiger charge is -2.31. The van der Waals surface area contributed by atoms with Crippen LogP contribution in [0.5, 0.6) is 0 Å². The first kappa shape index (κ1) is 29.1. The molecule has 0 unspecified atom stereocenters. The Hall–Kier alpha value is -4.10. The summed E-state index contributed by atoms with van der Waals surface area (Å²) in [5.74, 6) is 1.65. The molecule has 0 aromatic heterocycles. The molecule has 5 aromatic rings. The van der Waals surface area contributed by atoms with E-state index in [4.69, 9.17) is 0 Å². The minimum absolute atomic E-state index is 0.0908. The van der Waals surface area contributed by atoms with Crippen LogP contribution in [0, 0.1) is 5.92 Å². The monoisotopic (exact) mass is 613 g/mol. The van der Waals surface area contributed by atoms with Gasteiger partial charge in [-0.2, -0.15) is 0 Å². The highest BCUT2D eigenvalue weighted by atomic mass is 15.1. The van der Waals surface area contributed by atoms with Crippen molar-refractivity contribution in [3.8, 4) is 22.3 Å². The molecule has 0 radical (unpaired) electrons. The molecule has 236 valence electrons. The standard InChI is InChI=1S/C46H47N/c1-45(2)42-16-10-9-15-40(42)44-41(35-13-7-4-8-14-35)29-39(30-43(44)45)47(37-21-17-34(18-22-37)33-11-5-3-6-12-33)38-23-19-36(20-24-38)46-27-25-32(31-46)26-28-46/h4,7-10,13-24,29-30,32-33H,3,5-6,11-12,25-28,31H2,1-2H3. The van der Waals surface area contributed by atoms with E-state index >= 15 is 0 Å². The number of anilines is 3. The summed E-state index contributed by atoms with van der Waals surface area (Å²) in [5, 5.41) is 0. The van der Waals surface area contributed by atoms with Gasteiger partial charge in [0.25, 0.3) is 0 Å². The van der Waals surface area contributed by atoms with Gasteiger partial charge in [0.15, 0.2) is 0 Å². The molecule has 2 bridgehead atoms. The number of hydrogen-bond donors (Lipinski definition) is 0. The van der Waals surface area contributed by atoms with Crippen molar-refractivity contribution in [1.29, 1.82) is 0 Å². The quantitative estimate of drug-likeness (QED) is 0.184. The van der Waals surface area contributed by atoms with Gasteiger partial charge >= 0.3 is 0 Å². The highest BCUT2D eigenvalue weighted by Crippen LogP contribution is 2.57. The van der Waals surface area contributed by atoms with Crippen molar-refractivity contribution in [3.63, 3.8) is 0 Å². The van der Waals surface area contributed by atoms with Crippen molar-refractivity contribution in [2.24, 2.45) is 5.92 Å². The Kier molecular flexibility index (Phi) is 6.96. The third kappa shape index (κ3) is 4.80. The van der Waals surface area contributed by atoms with Crippen molar-refractivity contribution in [2.75, 3.05) is 4.90 Å². The topological polar surface area (TPSA) is 3.24 Å². The van der Waals surface area contributed by atoms with Crippen LogP contribution in [0.1, 0.15) is 106 Å². The SMILES string of the molecule is CC1(C)c2ccccc2-c2c(-c3ccccc3)cc(N(c3ccc(C4CCCCC4)cc3)c3ccc(C45CCC(CC4)C5)cc3)cc21. The van der Waals surface area contributed by atoms with E-state index in [1.807, 2.05) is 0 Å². The number of fused-ring (bicyclic) bond motifs is 5. The van der Waals surface area contributed by atoms with E-state index in [2.05, 4.69) is 134 Å². The van der Waals surface area contributed by atoms with Gasteiger partial charge in [-0.3, -0.25) is 0 Å². The van der Waals surface area contributed by atoms with Crippen LogP contribution in [0.2, 0.25) is 0 Å². The Bertz CT molecular complexity index is 1900. The Morgan fingerprint density at radius 3 is 1.91 bits per heavy atom. The molecule has 4 aliphatic carbocycles. The van der Waals surface area contributed by atoms with Gasteiger partial charge in [-0.15, -0.1) is 0 Å². The van der Waals surface area contributed by atoms with Gasteiger partial charge in [-0.05, 0) is 143 Å². The van der Waals surface area contributed by atoms with E-state index in [-0.39, 0.29) is 5.41 Å². The average molecular weight is 614 g/mol. The smallest absolute Gasteiger partial charge is 0.0471 e. The Balaban J connectivity index is 1.21.